The summed E-state index contributed by atoms with van der Waals surface area (Å²) in [5, 5.41) is 0. The Balaban J connectivity index is 4.57. The van der Waals surface area contributed by atoms with E-state index in [1.807, 2.05) is 0 Å². The van der Waals surface area contributed by atoms with Gasteiger partial charge >= 0.3 is 5.97 Å². The van der Waals surface area contributed by atoms with Crippen molar-refractivity contribution in [1.82, 2.24) is 0 Å². The Hall–Kier alpha value is -0.790. The Labute approximate surface area is 100 Å². The molecule has 0 amide bonds. The summed E-state index contributed by atoms with van der Waals surface area (Å²) in [6.45, 7) is 14.0. The number of esters is 1. The van der Waals surface area contributed by atoms with Gasteiger partial charge in [0.25, 0.3) is 0 Å². The molecule has 0 radical (unpaired) electrons. The van der Waals surface area contributed by atoms with Crippen molar-refractivity contribution in [3.8, 4) is 0 Å². The van der Waals surface area contributed by atoms with Gasteiger partial charge in [-0.3, -0.25) is 0 Å². The number of ether oxygens (including phenoxy) is 1. The zero-order valence-corrected chi connectivity index (χ0v) is 11.4. The minimum Gasteiger partial charge on any atom is -0.459 e. The Bertz CT molecular complexity index is 231. The Morgan fingerprint density at radius 3 is 2.19 bits per heavy atom. The van der Waals surface area contributed by atoms with Gasteiger partial charge < -0.3 is 4.74 Å². The predicted molar refractivity (Wildman–Crippen MR) is 68.2 cm³/mol. The number of hydrogen-bond acceptors (Lipinski definition) is 2. The van der Waals surface area contributed by atoms with Crippen LogP contribution in [-0.2, 0) is 9.53 Å². The number of carbonyl (C=O) groups excluding carboxylic acids is 1. The van der Waals surface area contributed by atoms with E-state index in [0.717, 1.165) is 19.3 Å². The molecule has 2 atom stereocenters. The monoisotopic (exact) mass is 226 g/mol. The summed E-state index contributed by atoms with van der Waals surface area (Å²) >= 11 is 0. The van der Waals surface area contributed by atoms with Crippen molar-refractivity contribution < 1.29 is 9.53 Å². The highest BCUT2D eigenvalue weighted by molar-refractivity contribution is 5.87. The number of carbonyl (C=O) groups is 1. The highest BCUT2D eigenvalue weighted by atomic mass is 16.5. The second-order valence-electron chi connectivity index (χ2n) is 4.83. The first kappa shape index (κ1) is 15.2. The first-order valence-corrected chi connectivity index (χ1v) is 6.30. The summed E-state index contributed by atoms with van der Waals surface area (Å²) < 4.78 is 5.53. The third-order valence-electron chi connectivity index (χ3n) is 2.99. The maximum atomic E-state index is 11.5. The molecule has 0 saturated carbocycles. The van der Waals surface area contributed by atoms with Crippen molar-refractivity contribution in [2.24, 2.45) is 11.8 Å². The van der Waals surface area contributed by atoms with Gasteiger partial charge in [-0.25, -0.2) is 4.79 Å². The molecular formula is C14H26O2. The molecule has 0 fully saturated rings. The topological polar surface area (TPSA) is 26.3 Å². The van der Waals surface area contributed by atoms with Crippen LogP contribution in [0.15, 0.2) is 12.2 Å². The quantitative estimate of drug-likeness (QED) is 0.485. The number of rotatable bonds is 7. The molecule has 0 bridgehead atoms. The third-order valence-corrected chi connectivity index (χ3v) is 2.99. The lowest BCUT2D eigenvalue weighted by Gasteiger charge is -2.29. The molecule has 16 heavy (non-hydrogen) atoms. The molecule has 2 nitrogen and oxygen atoms in total. The molecular weight excluding hydrogens is 200 g/mol. The highest BCUT2D eigenvalue weighted by Crippen LogP contribution is 2.25. The summed E-state index contributed by atoms with van der Waals surface area (Å²) in [5.41, 5.74) is 0.486. The predicted octanol–water partition coefficient (Wildman–Crippen LogP) is 3.96. The Morgan fingerprint density at radius 1 is 1.31 bits per heavy atom. The van der Waals surface area contributed by atoms with E-state index >= 15 is 0 Å². The van der Waals surface area contributed by atoms with E-state index in [1.54, 1.807) is 6.92 Å². The molecule has 0 heterocycles. The van der Waals surface area contributed by atoms with Crippen LogP contribution in [0.4, 0.5) is 0 Å². The van der Waals surface area contributed by atoms with Crippen molar-refractivity contribution in [2.45, 2.75) is 60.0 Å². The second kappa shape index (κ2) is 7.48. The van der Waals surface area contributed by atoms with Gasteiger partial charge in [0.2, 0.25) is 0 Å². The molecule has 0 aromatic carbocycles. The third kappa shape index (κ3) is 4.82. The molecule has 2 heteroatoms. The zero-order chi connectivity index (χ0) is 12.7. The Kier molecular flexibility index (Phi) is 7.11. The van der Waals surface area contributed by atoms with E-state index in [1.165, 1.54) is 0 Å². The SMILES string of the molecule is C=C(C)C(=O)OC(CCC)C(CC)C(C)C. The van der Waals surface area contributed by atoms with Crippen LogP contribution >= 0.6 is 0 Å². The molecule has 0 aliphatic carbocycles. The molecule has 0 N–H and O–H groups in total. The van der Waals surface area contributed by atoms with Crippen molar-refractivity contribution >= 4 is 5.97 Å². The van der Waals surface area contributed by atoms with Gasteiger partial charge in [-0.2, -0.15) is 0 Å². The largest absolute Gasteiger partial charge is 0.459 e. The first-order valence-electron chi connectivity index (χ1n) is 6.30. The van der Waals surface area contributed by atoms with E-state index in [-0.39, 0.29) is 12.1 Å². The normalized spacial score (nSPS) is 14.6. The summed E-state index contributed by atoms with van der Waals surface area (Å²) in [5.74, 6) is 0.736. The molecule has 0 spiro atoms. The molecule has 0 aromatic rings. The molecule has 0 aromatic heterocycles. The van der Waals surface area contributed by atoms with Crippen LogP contribution in [0, 0.1) is 11.8 Å². The van der Waals surface area contributed by atoms with Crippen molar-refractivity contribution in [2.75, 3.05) is 0 Å². The average Bonchev–Trinajstić information content (AvgIpc) is 2.18. The fourth-order valence-electron chi connectivity index (χ4n) is 2.05. The maximum Gasteiger partial charge on any atom is 0.333 e. The van der Waals surface area contributed by atoms with E-state index in [9.17, 15) is 4.79 Å². The summed E-state index contributed by atoms with van der Waals surface area (Å²) in [6, 6.07) is 0. The van der Waals surface area contributed by atoms with Gasteiger partial charge in [-0.05, 0) is 31.6 Å². The summed E-state index contributed by atoms with van der Waals surface area (Å²) in [7, 11) is 0. The summed E-state index contributed by atoms with van der Waals surface area (Å²) in [6.07, 6.45) is 3.07. The lowest BCUT2D eigenvalue weighted by atomic mass is 9.86. The van der Waals surface area contributed by atoms with Crippen LogP contribution in [0.2, 0.25) is 0 Å². The van der Waals surface area contributed by atoms with Crippen LogP contribution in [0.5, 0.6) is 0 Å². The van der Waals surface area contributed by atoms with Crippen molar-refractivity contribution in [3.05, 3.63) is 12.2 Å². The van der Waals surface area contributed by atoms with Crippen LogP contribution < -0.4 is 0 Å². The molecule has 94 valence electrons. The highest BCUT2D eigenvalue weighted by Gasteiger charge is 2.25. The lowest BCUT2D eigenvalue weighted by Crippen LogP contribution is -2.30. The van der Waals surface area contributed by atoms with Gasteiger partial charge in [-0.1, -0.05) is 40.7 Å². The van der Waals surface area contributed by atoms with E-state index in [0.29, 0.717) is 17.4 Å². The standard InChI is InChI=1S/C14H26O2/c1-7-9-13(12(8-2)10(3)4)16-14(15)11(5)6/h10,12-13H,5,7-9H2,1-4,6H3. The molecule has 2 unspecified atom stereocenters. The molecule has 0 rings (SSSR count). The average molecular weight is 226 g/mol. The molecule has 0 saturated heterocycles. The smallest absolute Gasteiger partial charge is 0.333 e. The van der Waals surface area contributed by atoms with Gasteiger partial charge in [-0.15, -0.1) is 0 Å². The van der Waals surface area contributed by atoms with Crippen LogP contribution in [0.25, 0.3) is 0 Å². The fraction of sp³-hybridized carbons (Fsp3) is 0.786. The lowest BCUT2D eigenvalue weighted by molar-refractivity contribution is -0.148. The van der Waals surface area contributed by atoms with Crippen LogP contribution in [-0.4, -0.2) is 12.1 Å². The van der Waals surface area contributed by atoms with E-state index < -0.39 is 0 Å². The zero-order valence-electron chi connectivity index (χ0n) is 11.4. The van der Waals surface area contributed by atoms with E-state index in [4.69, 9.17) is 4.74 Å². The van der Waals surface area contributed by atoms with Crippen LogP contribution in [0.1, 0.15) is 53.9 Å². The Morgan fingerprint density at radius 2 is 1.88 bits per heavy atom. The summed E-state index contributed by atoms with van der Waals surface area (Å²) in [4.78, 5) is 11.5. The fourth-order valence-corrected chi connectivity index (χ4v) is 2.05. The minimum atomic E-state index is -0.252. The van der Waals surface area contributed by atoms with Gasteiger partial charge in [0.1, 0.15) is 6.10 Å². The maximum absolute atomic E-state index is 11.5. The first-order chi connectivity index (χ1) is 7.43. The van der Waals surface area contributed by atoms with Crippen molar-refractivity contribution in [1.29, 1.82) is 0 Å². The molecule has 0 aliphatic heterocycles. The van der Waals surface area contributed by atoms with Crippen molar-refractivity contribution in [3.63, 3.8) is 0 Å². The van der Waals surface area contributed by atoms with Gasteiger partial charge in [0.05, 0.1) is 0 Å². The van der Waals surface area contributed by atoms with Crippen LogP contribution in [0.3, 0.4) is 0 Å². The van der Waals surface area contributed by atoms with Gasteiger partial charge in [0.15, 0.2) is 0 Å². The second-order valence-corrected chi connectivity index (χ2v) is 4.83. The van der Waals surface area contributed by atoms with E-state index in [2.05, 4.69) is 34.3 Å². The number of hydrogen-bond donors (Lipinski definition) is 0. The van der Waals surface area contributed by atoms with Gasteiger partial charge in [0, 0.05) is 5.57 Å². The minimum absolute atomic E-state index is 0.0409. The molecule has 0 aliphatic rings.